The van der Waals surface area contributed by atoms with Crippen molar-refractivity contribution in [2.24, 2.45) is 0 Å². The number of halogens is 1. The van der Waals surface area contributed by atoms with Crippen LogP contribution in [0.25, 0.3) is 0 Å². The lowest BCUT2D eigenvalue weighted by atomic mass is 10.2. The van der Waals surface area contributed by atoms with Crippen molar-refractivity contribution in [2.45, 2.75) is 6.42 Å². The number of rotatable bonds is 5. The molecule has 98 valence electrons. The van der Waals surface area contributed by atoms with Gasteiger partial charge in [-0.3, -0.25) is 15.1 Å². The molecule has 0 radical (unpaired) electrons. The first-order valence-corrected chi connectivity index (χ1v) is 6.12. The summed E-state index contributed by atoms with van der Waals surface area (Å²) in [5, 5.41) is 14.3. The number of nitro groups is 1. The molecule has 0 bridgehead atoms. The van der Waals surface area contributed by atoms with E-state index >= 15 is 0 Å². The van der Waals surface area contributed by atoms with Crippen LogP contribution in [0.1, 0.15) is 5.56 Å². The standard InChI is InChI=1S/C13H12ClN3O2/c14-11-4-1-5-12(17(18)19)13(11)16-8-6-10-3-2-7-15-9-10/h1-5,7,9,16H,6,8H2. The minimum Gasteiger partial charge on any atom is -0.378 e. The summed E-state index contributed by atoms with van der Waals surface area (Å²) in [7, 11) is 0. The van der Waals surface area contributed by atoms with Crippen LogP contribution in [0.2, 0.25) is 5.02 Å². The van der Waals surface area contributed by atoms with Crippen LogP contribution in [-0.2, 0) is 6.42 Å². The number of anilines is 1. The van der Waals surface area contributed by atoms with Gasteiger partial charge in [0.25, 0.3) is 5.69 Å². The molecular formula is C13H12ClN3O2. The molecule has 0 unspecified atom stereocenters. The van der Waals surface area contributed by atoms with E-state index in [-0.39, 0.29) is 5.69 Å². The highest BCUT2D eigenvalue weighted by molar-refractivity contribution is 6.33. The lowest BCUT2D eigenvalue weighted by molar-refractivity contribution is -0.383. The molecule has 0 fully saturated rings. The van der Waals surface area contributed by atoms with Crippen LogP contribution in [0, 0.1) is 10.1 Å². The average Bonchev–Trinajstić information content (AvgIpc) is 2.41. The minimum absolute atomic E-state index is 0.0151. The zero-order chi connectivity index (χ0) is 13.7. The van der Waals surface area contributed by atoms with Gasteiger partial charge in [0.05, 0.1) is 9.95 Å². The summed E-state index contributed by atoms with van der Waals surface area (Å²) in [6.07, 6.45) is 4.19. The van der Waals surface area contributed by atoms with E-state index in [4.69, 9.17) is 11.6 Å². The van der Waals surface area contributed by atoms with Crippen LogP contribution in [0.4, 0.5) is 11.4 Å². The fourth-order valence-corrected chi connectivity index (χ4v) is 1.95. The molecule has 0 aliphatic heterocycles. The molecule has 6 heteroatoms. The third-order valence-corrected chi connectivity index (χ3v) is 2.94. The van der Waals surface area contributed by atoms with Gasteiger partial charge in [0.2, 0.25) is 0 Å². The molecule has 0 spiro atoms. The van der Waals surface area contributed by atoms with Crippen molar-refractivity contribution in [3.8, 4) is 0 Å². The molecule has 0 saturated heterocycles. The molecule has 1 N–H and O–H groups in total. The topological polar surface area (TPSA) is 68.1 Å². The molecular weight excluding hydrogens is 266 g/mol. The molecule has 1 aromatic carbocycles. The van der Waals surface area contributed by atoms with Crippen molar-refractivity contribution in [2.75, 3.05) is 11.9 Å². The van der Waals surface area contributed by atoms with Gasteiger partial charge in [0.15, 0.2) is 0 Å². The van der Waals surface area contributed by atoms with Gasteiger partial charge < -0.3 is 5.32 Å². The van der Waals surface area contributed by atoms with Crippen LogP contribution in [-0.4, -0.2) is 16.5 Å². The summed E-state index contributed by atoms with van der Waals surface area (Å²) < 4.78 is 0. The molecule has 0 aliphatic rings. The molecule has 19 heavy (non-hydrogen) atoms. The van der Waals surface area contributed by atoms with Crippen molar-refractivity contribution in [3.05, 3.63) is 63.4 Å². The lowest BCUT2D eigenvalue weighted by Crippen LogP contribution is -2.07. The maximum absolute atomic E-state index is 10.9. The third-order valence-electron chi connectivity index (χ3n) is 2.63. The third kappa shape index (κ3) is 3.42. The second-order valence-corrected chi connectivity index (χ2v) is 4.34. The molecule has 0 saturated carbocycles. The Labute approximate surface area is 115 Å². The number of aromatic nitrogens is 1. The van der Waals surface area contributed by atoms with Crippen molar-refractivity contribution < 1.29 is 4.92 Å². The molecule has 0 amide bonds. The van der Waals surface area contributed by atoms with Crippen LogP contribution in [0.3, 0.4) is 0 Å². The number of nitrogens with one attached hydrogen (secondary N) is 1. The summed E-state index contributed by atoms with van der Waals surface area (Å²) in [5.41, 5.74) is 1.40. The predicted molar refractivity (Wildman–Crippen MR) is 74.5 cm³/mol. The molecule has 1 aromatic heterocycles. The quantitative estimate of drug-likeness (QED) is 0.672. The van der Waals surface area contributed by atoms with Gasteiger partial charge >= 0.3 is 0 Å². The van der Waals surface area contributed by atoms with Crippen LogP contribution in [0.5, 0.6) is 0 Å². The smallest absolute Gasteiger partial charge is 0.293 e. The van der Waals surface area contributed by atoms with Crippen LogP contribution in [0.15, 0.2) is 42.7 Å². The Hall–Kier alpha value is -2.14. The number of hydrogen-bond acceptors (Lipinski definition) is 4. The maximum Gasteiger partial charge on any atom is 0.293 e. The first kappa shape index (κ1) is 13.3. The second kappa shape index (κ2) is 6.15. The number of pyridine rings is 1. The van der Waals surface area contributed by atoms with E-state index in [0.717, 1.165) is 12.0 Å². The van der Waals surface area contributed by atoms with Crippen LogP contribution >= 0.6 is 11.6 Å². The number of para-hydroxylation sites is 1. The molecule has 0 aliphatic carbocycles. The number of nitrogens with zero attached hydrogens (tertiary/aromatic N) is 2. The first-order chi connectivity index (χ1) is 9.18. The van der Waals surface area contributed by atoms with Crippen molar-refractivity contribution >= 4 is 23.0 Å². The average molecular weight is 278 g/mol. The Kier molecular flexibility index (Phi) is 4.30. The zero-order valence-corrected chi connectivity index (χ0v) is 10.8. The zero-order valence-electron chi connectivity index (χ0n) is 10.0. The van der Waals surface area contributed by atoms with E-state index in [9.17, 15) is 10.1 Å². The Balaban J connectivity index is 2.05. The van der Waals surface area contributed by atoms with E-state index in [1.54, 1.807) is 24.5 Å². The van der Waals surface area contributed by atoms with Crippen molar-refractivity contribution in [1.29, 1.82) is 0 Å². The fraction of sp³-hybridized carbons (Fsp3) is 0.154. The summed E-state index contributed by atoms with van der Waals surface area (Å²) in [4.78, 5) is 14.5. The van der Waals surface area contributed by atoms with Crippen molar-refractivity contribution in [3.63, 3.8) is 0 Å². The largest absolute Gasteiger partial charge is 0.378 e. The molecule has 2 rings (SSSR count). The predicted octanol–water partition coefficient (Wildman–Crippen LogP) is 3.30. The summed E-state index contributed by atoms with van der Waals surface area (Å²) in [6, 6.07) is 8.43. The Morgan fingerprint density at radius 1 is 1.32 bits per heavy atom. The van der Waals surface area contributed by atoms with Gasteiger partial charge in [0.1, 0.15) is 5.69 Å². The van der Waals surface area contributed by atoms with E-state index in [1.807, 2.05) is 12.1 Å². The minimum atomic E-state index is -0.446. The van der Waals surface area contributed by atoms with E-state index in [0.29, 0.717) is 17.3 Å². The number of benzene rings is 1. The van der Waals surface area contributed by atoms with Crippen molar-refractivity contribution in [1.82, 2.24) is 4.98 Å². The Morgan fingerprint density at radius 3 is 2.84 bits per heavy atom. The number of hydrogen-bond donors (Lipinski definition) is 1. The maximum atomic E-state index is 10.9. The van der Waals surface area contributed by atoms with Crippen LogP contribution < -0.4 is 5.32 Å². The van der Waals surface area contributed by atoms with E-state index < -0.39 is 4.92 Å². The monoisotopic (exact) mass is 277 g/mol. The Bertz CT molecular complexity index is 575. The molecule has 2 aromatic rings. The second-order valence-electron chi connectivity index (χ2n) is 3.93. The highest BCUT2D eigenvalue weighted by Gasteiger charge is 2.15. The highest BCUT2D eigenvalue weighted by Crippen LogP contribution is 2.31. The first-order valence-electron chi connectivity index (χ1n) is 5.74. The number of nitro benzene ring substituents is 1. The highest BCUT2D eigenvalue weighted by atomic mass is 35.5. The normalized spacial score (nSPS) is 10.2. The van der Waals surface area contributed by atoms with Gasteiger partial charge in [0, 0.05) is 25.0 Å². The summed E-state index contributed by atoms with van der Waals surface area (Å²) in [5.74, 6) is 0. The molecule has 1 heterocycles. The lowest BCUT2D eigenvalue weighted by Gasteiger charge is -2.08. The Morgan fingerprint density at radius 2 is 2.16 bits per heavy atom. The summed E-state index contributed by atoms with van der Waals surface area (Å²) in [6.45, 7) is 0.552. The van der Waals surface area contributed by atoms with Gasteiger partial charge in [-0.1, -0.05) is 23.7 Å². The summed E-state index contributed by atoms with van der Waals surface area (Å²) >= 11 is 5.98. The van der Waals surface area contributed by atoms with Gasteiger partial charge in [-0.2, -0.15) is 0 Å². The van der Waals surface area contributed by atoms with Gasteiger partial charge in [-0.25, -0.2) is 0 Å². The van der Waals surface area contributed by atoms with E-state index in [1.165, 1.54) is 6.07 Å². The van der Waals surface area contributed by atoms with E-state index in [2.05, 4.69) is 10.3 Å². The molecule has 0 atom stereocenters. The van der Waals surface area contributed by atoms with Gasteiger partial charge in [-0.05, 0) is 24.1 Å². The fourth-order valence-electron chi connectivity index (χ4n) is 1.72. The molecule has 5 nitrogen and oxygen atoms in total. The SMILES string of the molecule is O=[N+]([O-])c1cccc(Cl)c1NCCc1cccnc1. The van der Waals surface area contributed by atoms with Gasteiger partial charge in [-0.15, -0.1) is 0 Å².